The number of hydrogen-bond donors (Lipinski definition) is 2. The van der Waals surface area contributed by atoms with Gasteiger partial charge in [0.15, 0.2) is 23.1 Å². The number of methoxy groups -OCH3 is 2. The Morgan fingerprint density at radius 2 is 1.88 bits per heavy atom. The van der Waals surface area contributed by atoms with Crippen molar-refractivity contribution in [3.8, 4) is 11.5 Å². The Hall–Kier alpha value is -2.87. The molecular formula is C17H20N4O4. The minimum atomic E-state index is -0.397. The number of rotatable bonds is 6. The molecule has 1 atom stereocenters. The lowest BCUT2D eigenvalue weighted by Crippen LogP contribution is -2.27. The second-order valence-corrected chi connectivity index (χ2v) is 5.49. The average Bonchev–Trinajstić information content (AvgIpc) is 3.18. The Labute approximate surface area is 145 Å². The van der Waals surface area contributed by atoms with Gasteiger partial charge >= 0.3 is 0 Å². The number of carbonyl (C=O) groups is 1. The second kappa shape index (κ2) is 7.80. The first-order chi connectivity index (χ1) is 12.2. The predicted molar refractivity (Wildman–Crippen MR) is 92.5 cm³/mol. The zero-order valence-corrected chi connectivity index (χ0v) is 14.1. The van der Waals surface area contributed by atoms with Crippen molar-refractivity contribution in [1.82, 2.24) is 10.2 Å². The van der Waals surface area contributed by atoms with E-state index in [2.05, 4.69) is 20.8 Å². The van der Waals surface area contributed by atoms with E-state index < -0.39 is 6.10 Å². The number of hydrogen-bond acceptors (Lipinski definition) is 7. The summed E-state index contributed by atoms with van der Waals surface area (Å²) >= 11 is 0. The number of nitrogens with one attached hydrogen (secondary N) is 2. The van der Waals surface area contributed by atoms with E-state index in [0.717, 1.165) is 18.5 Å². The van der Waals surface area contributed by atoms with Crippen molar-refractivity contribution in [3.63, 3.8) is 0 Å². The smallest absolute Gasteiger partial charge is 0.254 e. The molecule has 2 N–H and O–H groups in total. The van der Waals surface area contributed by atoms with Gasteiger partial charge in [0.2, 0.25) is 0 Å². The molecule has 0 saturated carbocycles. The molecule has 1 amide bonds. The molecular weight excluding hydrogens is 324 g/mol. The maximum Gasteiger partial charge on any atom is 0.254 e. The first-order valence-electron chi connectivity index (χ1n) is 7.95. The van der Waals surface area contributed by atoms with Crippen LogP contribution in [-0.2, 0) is 9.53 Å². The highest BCUT2D eigenvalue weighted by atomic mass is 16.5. The summed E-state index contributed by atoms with van der Waals surface area (Å²) in [7, 11) is 3.16. The van der Waals surface area contributed by atoms with E-state index in [1.807, 2.05) is 6.07 Å². The molecule has 1 fully saturated rings. The summed E-state index contributed by atoms with van der Waals surface area (Å²) < 4.78 is 15.8. The highest BCUT2D eigenvalue weighted by Crippen LogP contribution is 2.30. The van der Waals surface area contributed by atoms with Crippen LogP contribution in [0.15, 0.2) is 30.3 Å². The molecule has 3 rings (SSSR count). The molecule has 8 nitrogen and oxygen atoms in total. The fraction of sp³-hybridized carbons (Fsp3) is 0.353. The predicted octanol–water partition coefficient (Wildman–Crippen LogP) is 2.35. The summed E-state index contributed by atoms with van der Waals surface area (Å²) in [6.45, 7) is 0.623. The van der Waals surface area contributed by atoms with Gasteiger partial charge in [0, 0.05) is 18.4 Å². The second-order valence-electron chi connectivity index (χ2n) is 5.49. The topological polar surface area (TPSA) is 94.6 Å². The van der Waals surface area contributed by atoms with Crippen molar-refractivity contribution in [2.45, 2.75) is 18.9 Å². The van der Waals surface area contributed by atoms with Crippen molar-refractivity contribution in [1.29, 1.82) is 0 Å². The van der Waals surface area contributed by atoms with E-state index in [9.17, 15) is 4.79 Å². The van der Waals surface area contributed by atoms with Crippen LogP contribution in [0.1, 0.15) is 12.8 Å². The molecule has 1 aliphatic heterocycles. The normalized spacial score (nSPS) is 16.3. The summed E-state index contributed by atoms with van der Waals surface area (Å²) in [6, 6.07) is 8.85. The summed E-state index contributed by atoms with van der Waals surface area (Å²) in [5.74, 6) is 2.00. The van der Waals surface area contributed by atoms with Crippen molar-refractivity contribution >= 4 is 23.2 Å². The molecule has 1 aromatic heterocycles. The Kier molecular flexibility index (Phi) is 5.30. The van der Waals surface area contributed by atoms with Crippen LogP contribution in [0, 0.1) is 0 Å². The van der Waals surface area contributed by atoms with Gasteiger partial charge in [-0.2, -0.15) is 0 Å². The Morgan fingerprint density at radius 3 is 2.52 bits per heavy atom. The van der Waals surface area contributed by atoms with Crippen LogP contribution in [0.3, 0.4) is 0 Å². The van der Waals surface area contributed by atoms with Crippen LogP contribution in [0.25, 0.3) is 0 Å². The van der Waals surface area contributed by atoms with Gasteiger partial charge in [-0.1, -0.05) is 0 Å². The van der Waals surface area contributed by atoms with E-state index in [1.165, 1.54) is 0 Å². The summed E-state index contributed by atoms with van der Waals surface area (Å²) in [6.07, 6.45) is 1.24. The van der Waals surface area contributed by atoms with Gasteiger partial charge in [0.05, 0.1) is 14.2 Å². The number of benzene rings is 1. The third-order valence-electron chi connectivity index (χ3n) is 3.79. The number of aromatic nitrogens is 2. The van der Waals surface area contributed by atoms with E-state index in [1.54, 1.807) is 38.5 Å². The third kappa shape index (κ3) is 4.16. The van der Waals surface area contributed by atoms with Crippen molar-refractivity contribution < 1.29 is 19.0 Å². The number of anilines is 3. The van der Waals surface area contributed by atoms with Gasteiger partial charge in [0.1, 0.15) is 6.10 Å². The van der Waals surface area contributed by atoms with Gasteiger partial charge in [-0.25, -0.2) is 0 Å². The molecule has 1 saturated heterocycles. The first kappa shape index (κ1) is 17.0. The zero-order chi connectivity index (χ0) is 17.6. The molecule has 2 heterocycles. The molecule has 0 spiro atoms. The quantitative estimate of drug-likeness (QED) is 0.830. The van der Waals surface area contributed by atoms with Gasteiger partial charge in [-0.05, 0) is 37.1 Å². The maximum absolute atomic E-state index is 12.0. The minimum Gasteiger partial charge on any atom is -0.493 e. The number of ether oxygens (including phenoxy) is 3. The summed E-state index contributed by atoms with van der Waals surface area (Å²) in [5, 5.41) is 13.9. The summed E-state index contributed by atoms with van der Waals surface area (Å²) in [4.78, 5) is 12.0. The molecule has 0 aliphatic carbocycles. The Balaban J connectivity index is 1.63. The fourth-order valence-corrected chi connectivity index (χ4v) is 2.52. The zero-order valence-electron chi connectivity index (χ0n) is 14.1. The van der Waals surface area contributed by atoms with E-state index in [-0.39, 0.29) is 5.91 Å². The lowest BCUT2D eigenvalue weighted by Gasteiger charge is -2.11. The largest absolute Gasteiger partial charge is 0.493 e. The lowest BCUT2D eigenvalue weighted by atomic mass is 10.2. The average molecular weight is 344 g/mol. The van der Waals surface area contributed by atoms with Crippen LogP contribution in [0.2, 0.25) is 0 Å². The standard InChI is InChI=1S/C17H20N4O4/c1-23-12-6-5-11(10-14(12)24-2)18-15-7-8-16(21-20-15)19-17(22)13-4-3-9-25-13/h5-8,10,13H,3-4,9H2,1-2H3,(H,18,20)(H,19,21,22). The monoisotopic (exact) mass is 344 g/mol. The van der Waals surface area contributed by atoms with E-state index in [4.69, 9.17) is 14.2 Å². The molecule has 0 radical (unpaired) electrons. The highest BCUT2D eigenvalue weighted by molar-refractivity contribution is 5.93. The Bertz CT molecular complexity index is 730. The number of carbonyl (C=O) groups excluding carboxylic acids is 1. The van der Waals surface area contributed by atoms with Crippen LogP contribution < -0.4 is 20.1 Å². The molecule has 0 bridgehead atoms. The van der Waals surface area contributed by atoms with E-state index in [0.29, 0.717) is 29.7 Å². The van der Waals surface area contributed by atoms with Crippen LogP contribution >= 0.6 is 0 Å². The molecule has 1 aromatic carbocycles. The van der Waals surface area contributed by atoms with Gasteiger partial charge in [-0.3, -0.25) is 4.79 Å². The van der Waals surface area contributed by atoms with Crippen molar-refractivity contribution in [2.24, 2.45) is 0 Å². The maximum atomic E-state index is 12.0. The Morgan fingerprint density at radius 1 is 1.12 bits per heavy atom. The molecule has 2 aromatic rings. The van der Waals surface area contributed by atoms with Gasteiger partial charge in [0.25, 0.3) is 5.91 Å². The van der Waals surface area contributed by atoms with Crippen molar-refractivity contribution in [2.75, 3.05) is 31.5 Å². The van der Waals surface area contributed by atoms with Crippen molar-refractivity contribution in [3.05, 3.63) is 30.3 Å². The molecule has 8 heteroatoms. The third-order valence-corrected chi connectivity index (χ3v) is 3.79. The lowest BCUT2D eigenvalue weighted by molar-refractivity contribution is -0.124. The van der Waals surface area contributed by atoms with Gasteiger partial charge < -0.3 is 24.8 Å². The number of nitrogens with zero attached hydrogens (tertiary/aromatic N) is 2. The van der Waals surface area contributed by atoms with Crippen LogP contribution in [-0.4, -0.2) is 43.0 Å². The summed E-state index contributed by atoms with van der Waals surface area (Å²) in [5.41, 5.74) is 0.781. The minimum absolute atomic E-state index is 0.188. The molecule has 25 heavy (non-hydrogen) atoms. The molecule has 1 unspecified atom stereocenters. The molecule has 132 valence electrons. The fourth-order valence-electron chi connectivity index (χ4n) is 2.52. The first-order valence-corrected chi connectivity index (χ1v) is 7.95. The highest BCUT2D eigenvalue weighted by Gasteiger charge is 2.23. The van der Waals surface area contributed by atoms with Gasteiger partial charge in [-0.15, -0.1) is 10.2 Å². The van der Waals surface area contributed by atoms with Crippen LogP contribution in [0.5, 0.6) is 11.5 Å². The van der Waals surface area contributed by atoms with Crippen LogP contribution in [0.4, 0.5) is 17.3 Å². The molecule has 1 aliphatic rings. The van der Waals surface area contributed by atoms with E-state index >= 15 is 0 Å². The number of amides is 1. The SMILES string of the molecule is COc1ccc(Nc2ccc(NC(=O)C3CCCO3)nn2)cc1OC.